The first-order valence-electron chi connectivity index (χ1n) is 8.92. The van der Waals surface area contributed by atoms with Crippen molar-refractivity contribution < 1.29 is 18.7 Å². The molecule has 2 aliphatic rings. The first kappa shape index (κ1) is 20.1. The third kappa shape index (κ3) is 3.68. The second-order valence-corrected chi connectivity index (χ2v) is 6.69. The van der Waals surface area contributed by atoms with E-state index in [1.165, 1.54) is 4.90 Å². The number of ether oxygens (including phenoxy) is 1. The zero-order chi connectivity index (χ0) is 19.0. The summed E-state index contributed by atoms with van der Waals surface area (Å²) in [6.07, 6.45) is -0.0989. The number of anilines is 2. The van der Waals surface area contributed by atoms with Crippen LogP contribution in [0.1, 0.15) is 18.1 Å². The zero-order valence-corrected chi connectivity index (χ0v) is 16.1. The molecule has 2 aromatic rings. The van der Waals surface area contributed by atoms with Gasteiger partial charge in [0.25, 0.3) is 5.91 Å². The molecule has 148 valence electrons. The summed E-state index contributed by atoms with van der Waals surface area (Å²) in [5.74, 6) is -0.616. The lowest BCUT2D eigenvalue weighted by atomic mass is 9.99. The van der Waals surface area contributed by atoms with Gasteiger partial charge in [-0.15, -0.1) is 12.4 Å². The number of rotatable bonds is 3. The van der Waals surface area contributed by atoms with Crippen molar-refractivity contribution in [2.75, 3.05) is 23.3 Å². The van der Waals surface area contributed by atoms with Gasteiger partial charge in [0.15, 0.2) is 6.10 Å². The molecule has 0 radical (unpaired) electrons. The average molecular weight is 406 g/mol. The van der Waals surface area contributed by atoms with Gasteiger partial charge in [-0.05, 0) is 49.2 Å². The summed E-state index contributed by atoms with van der Waals surface area (Å²) in [4.78, 5) is 26.4. The molecule has 2 aliphatic heterocycles. The molecule has 0 saturated carbocycles. The zero-order valence-electron chi connectivity index (χ0n) is 15.3. The second-order valence-electron chi connectivity index (χ2n) is 6.69. The summed E-state index contributed by atoms with van der Waals surface area (Å²) in [6, 6.07) is 10.4. The number of nitrogens with one attached hydrogen (secondary N) is 2. The van der Waals surface area contributed by atoms with Gasteiger partial charge in [-0.3, -0.25) is 14.5 Å². The van der Waals surface area contributed by atoms with E-state index in [1.807, 2.05) is 6.07 Å². The number of carbonyl (C=O) groups excluding carboxylic acids is 2. The number of amides is 2. The standard InChI is InChI=1S/C20H20FN3O3.ClH/c1-12-20(26)24(16-4-2-3-5-17(16)27-12)11-18(25)23-15-7-6-13-10-22-9-8-14(13)19(15)21;/h2-7,12,22H,8-11H2,1H3,(H,23,25);1H. The molecule has 2 heterocycles. The Morgan fingerprint density at radius 1 is 1.32 bits per heavy atom. The van der Waals surface area contributed by atoms with E-state index in [4.69, 9.17) is 4.74 Å². The number of hydrogen-bond donors (Lipinski definition) is 2. The molecule has 1 atom stereocenters. The van der Waals surface area contributed by atoms with Crippen molar-refractivity contribution in [3.8, 4) is 5.75 Å². The normalized spacial score (nSPS) is 17.7. The highest BCUT2D eigenvalue weighted by atomic mass is 35.5. The van der Waals surface area contributed by atoms with E-state index in [0.29, 0.717) is 36.5 Å². The molecular weight excluding hydrogens is 385 g/mol. The quantitative estimate of drug-likeness (QED) is 0.823. The van der Waals surface area contributed by atoms with Crippen LogP contribution in [0.3, 0.4) is 0 Å². The van der Waals surface area contributed by atoms with Gasteiger partial charge in [-0.25, -0.2) is 4.39 Å². The fourth-order valence-corrected chi connectivity index (χ4v) is 3.49. The number of benzene rings is 2. The maximum atomic E-state index is 14.7. The molecule has 6 nitrogen and oxygen atoms in total. The van der Waals surface area contributed by atoms with Crippen LogP contribution in [0.25, 0.3) is 0 Å². The fraction of sp³-hybridized carbons (Fsp3) is 0.300. The second kappa shape index (κ2) is 8.16. The minimum atomic E-state index is -0.680. The molecule has 28 heavy (non-hydrogen) atoms. The predicted octanol–water partition coefficient (Wildman–Crippen LogP) is 2.65. The van der Waals surface area contributed by atoms with Gasteiger partial charge >= 0.3 is 0 Å². The monoisotopic (exact) mass is 405 g/mol. The maximum absolute atomic E-state index is 14.7. The van der Waals surface area contributed by atoms with Crippen LogP contribution in [-0.2, 0) is 22.6 Å². The fourth-order valence-electron chi connectivity index (χ4n) is 3.49. The van der Waals surface area contributed by atoms with Gasteiger partial charge in [-0.1, -0.05) is 18.2 Å². The molecule has 0 bridgehead atoms. The van der Waals surface area contributed by atoms with Crippen LogP contribution >= 0.6 is 12.4 Å². The molecule has 2 N–H and O–H groups in total. The molecule has 0 aliphatic carbocycles. The summed E-state index contributed by atoms with van der Waals surface area (Å²) >= 11 is 0. The third-order valence-corrected chi connectivity index (χ3v) is 4.86. The highest BCUT2D eigenvalue weighted by Crippen LogP contribution is 2.33. The first-order chi connectivity index (χ1) is 13.0. The molecule has 1 unspecified atom stereocenters. The molecule has 2 amide bonds. The van der Waals surface area contributed by atoms with Crippen molar-refractivity contribution in [3.05, 3.63) is 53.3 Å². The van der Waals surface area contributed by atoms with Crippen LogP contribution in [-0.4, -0.2) is 31.0 Å². The summed E-state index contributed by atoms with van der Waals surface area (Å²) in [7, 11) is 0. The Hall–Kier alpha value is -2.64. The summed E-state index contributed by atoms with van der Waals surface area (Å²) in [6.45, 7) is 2.76. The van der Waals surface area contributed by atoms with Crippen molar-refractivity contribution >= 4 is 35.6 Å². The highest BCUT2D eigenvalue weighted by molar-refractivity contribution is 6.06. The molecule has 0 saturated heterocycles. The van der Waals surface area contributed by atoms with Gasteiger partial charge in [0.1, 0.15) is 18.1 Å². The van der Waals surface area contributed by atoms with Crippen LogP contribution < -0.4 is 20.3 Å². The summed E-state index contributed by atoms with van der Waals surface area (Å²) < 4.78 is 20.3. The van der Waals surface area contributed by atoms with E-state index in [1.54, 1.807) is 37.3 Å². The Balaban J connectivity index is 0.00000225. The lowest BCUT2D eigenvalue weighted by Crippen LogP contribution is -2.47. The average Bonchev–Trinajstić information content (AvgIpc) is 2.68. The Kier molecular flexibility index (Phi) is 5.86. The largest absolute Gasteiger partial charge is 0.479 e. The number of hydrogen-bond acceptors (Lipinski definition) is 4. The maximum Gasteiger partial charge on any atom is 0.268 e. The molecule has 8 heteroatoms. The minimum Gasteiger partial charge on any atom is -0.479 e. The molecule has 0 aromatic heterocycles. The van der Waals surface area contributed by atoms with Crippen molar-refractivity contribution in [1.29, 1.82) is 0 Å². The highest BCUT2D eigenvalue weighted by Gasteiger charge is 2.32. The Morgan fingerprint density at radius 3 is 2.93 bits per heavy atom. The SMILES string of the molecule is CC1Oc2ccccc2N(CC(=O)Nc2ccc3c(c2F)CCNC3)C1=O.Cl. The van der Waals surface area contributed by atoms with Crippen LogP contribution in [0.15, 0.2) is 36.4 Å². The summed E-state index contributed by atoms with van der Waals surface area (Å²) in [5, 5.41) is 5.80. The van der Waals surface area contributed by atoms with E-state index < -0.39 is 17.8 Å². The lowest BCUT2D eigenvalue weighted by molar-refractivity contribution is -0.127. The number of para-hydroxylation sites is 2. The van der Waals surface area contributed by atoms with E-state index in [-0.39, 0.29) is 30.5 Å². The van der Waals surface area contributed by atoms with Gasteiger partial charge < -0.3 is 15.4 Å². The van der Waals surface area contributed by atoms with Gasteiger partial charge in [-0.2, -0.15) is 0 Å². The van der Waals surface area contributed by atoms with E-state index in [2.05, 4.69) is 10.6 Å². The molecular formula is C20H21ClFN3O3. The number of carbonyl (C=O) groups is 2. The first-order valence-corrected chi connectivity index (χ1v) is 8.92. The van der Waals surface area contributed by atoms with Crippen molar-refractivity contribution in [2.24, 2.45) is 0 Å². The van der Waals surface area contributed by atoms with Gasteiger partial charge in [0, 0.05) is 6.54 Å². The third-order valence-electron chi connectivity index (χ3n) is 4.86. The Morgan fingerprint density at radius 2 is 2.11 bits per heavy atom. The van der Waals surface area contributed by atoms with Crippen LogP contribution in [0.4, 0.5) is 15.8 Å². The molecule has 0 fully saturated rings. The van der Waals surface area contributed by atoms with Gasteiger partial charge in [0.2, 0.25) is 5.91 Å². The van der Waals surface area contributed by atoms with Crippen molar-refractivity contribution in [2.45, 2.75) is 26.0 Å². The smallest absolute Gasteiger partial charge is 0.268 e. The van der Waals surface area contributed by atoms with Crippen molar-refractivity contribution in [3.63, 3.8) is 0 Å². The molecule has 0 spiro atoms. The van der Waals surface area contributed by atoms with Crippen LogP contribution in [0.5, 0.6) is 5.75 Å². The topological polar surface area (TPSA) is 70.7 Å². The summed E-state index contributed by atoms with van der Waals surface area (Å²) in [5.41, 5.74) is 2.21. The number of halogens is 2. The van der Waals surface area contributed by atoms with Crippen LogP contribution in [0.2, 0.25) is 0 Å². The lowest BCUT2D eigenvalue weighted by Gasteiger charge is -2.32. The van der Waals surface area contributed by atoms with Gasteiger partial charge in [0.05, 0.1) is 11.4 Å². The minimum absolute atomic E-state index is 0. The molecule has 4 rings (SSSR count). The number of fused-ring (bicyclic) bond motifs is 2. The van der Waals surface area contributed by atoms with E-state index >= 15 is 0 Å². The van der Waals surface area contributed by atoms with E-state index in [9.17, 15) is 14.0 Å². The van der Waals surface area contributed by atoms with E-state index in [0.717, 1.165) is 5.56 Å². The Labute approximate surface area is 168 Å². The number of nitrogens with zero attached hydrogens (tertiary/aromatic N) is 1. The Bertz CT molecular complexity index is 922. The molecule has 2 aromatic carbocycles. The van der Waals surface area contributed by atoms with Crippen LogP contribution in [0, 0.1) is 5.82 Å². The van der Waals surface area contributed by atoms with Crippen molar-refractivity contribution in [1.82, 2.24) is 5.32 Å². The predicted molar refractivity (Wildman–Crippen MR) is 107 cm³/mol.